The number of aryl methyl sites for hydroxylation is 1. The number of aromatic hydroxyl groups is 1. The van der Waals surface area contributed by atoms with Crippen molar-refractivity contribution in [2.24, 2.45) is 0 Å². The molecule has 0 unspecified atom stereocenters. The van der Waals surface area contributed by atoms with Crippen LogP contribution in [0.2, 0.25) is 10.0 Å². The molecule has 1 amide bonds. The number of benzene rings is 3. The predicted octanol–water partition coefficient (Wildman–Crippen LogP) is 6.30. The smallest absolute Gasteiger partial charge is 0.262 e. The molecule has 4 rings (SSSR count). The van der Waals surface area contributed by atoms with Crippen molar-refractivity contribution in [3.05, 3.63) is 70.2 Å². The van der Waals surface area contributed by atoms with Crippen molar-refractivity contribution in [3.8, 4) is 22.1 Å². The minimum Gasteiger partial charge on any atom is -0.507 e. The Hall–Kier alpha value is -2.80. The van der Waals surface area contributed by atoms with Crippen molar-refractivity contribution in [1.29, 1.82) is 0 Å². The standard InChI is InChI=1S/C22H16Cl2N2O3S/c1-12-8-13(23)9-16(24)21(12)29-11-20(28)25-14-6-7-18(27)15(10-14)22-26-17-4-2-3-5-19(17)30-22/h2-10,27H,11H2,1H3,(H,25,28). The molecule has 0 saturated heterocycles. The topological polar surface area (TPSA) is 71.5 Å². The summed E-state index contributed by atoms with van der Waals surface area (Å²) >= 11 is 13.6. The Labute approximate surface area is 186 Å². The second-order valence-corrected chi connectivity index (χ2v) is 8.46. The van der Waals surface area contributed by atoms with Gasteiger partial charge >= 0.3 is 0 Å². The summed E-state index contributed by atoms with van der Waals surface area (Å²) < 4.78 is 6.59. The van der Waals surface area contributed by atoms with Gasteiger partial charge in [0.1, 0.15) is 16.5 Å². The molecule has 30 heavy (non-hydrogen) atoms. The largest absolute Gasteiger partial charge is 0.507 e. The summed E-state index contributed by atoms with van der Waals surface area (Å²) in [6.45, 7) is 1.58. The maximum atomic E-state index is 12.4. The molecule has 3 aromatic carbocycles. The van der Waals surface area contributed by atoms with E-state index < -0.39 is 0 Å². The number of phenolic OH excluding ortho intramolecular Hbond substituents is 1. The molecular weight excluding hydrogens is 443 g/mol. The van der Waals surface area contributed by atoms with E-state index in [-0.39, 0.29) is 18.3 Å². The number of amides is 1. The number of aromatic nitrogens is 1. The highest BCUT2D eigenvalue weighted by molar-refractivity contribution is 7.21. The van der Waals surface area contributed by atoms with Gasteiger partial charge in [-0.05, 0) is 55.0 Å². The van der Waals surface area contributed by atoms with Crippen LogP contribution in [0.15, 0.2) is 54.6 Å². The van der Waals surface area contributed by atoms with Gasteiger partial charge in [0.05, 0.1) is 20.8 Å². The van der Waals surface area contributed by atoms with Gasteiger partial charge < -0.3 is 15.2 Å². The lowest BCUT2D eigenvalue weighted by Gasteiger charge is -2.12. The number of carbonyl (C=O) groups is 1. The monoisotopic (exact) mass is 458 g/mol. The Morgan fingerprint density at radius 3 is 2.73 bits per heavy atom. The Kier molecular flexibility index (Phi) is 5.81. The highest BCUT2D eigenvalue weighted by Crippen LogP contribution is 2.37. The Morgan fingerprint density at radius 2 is 1.97 bits per heavy atom. The van der Waals surface area contributed by atoms with Crippen LogP contribution < -0.4 is 10.1 Å². The second kappa shape index (κ2) is 8.52. The molecule has 0 aliphatic carbocycles. The molecule has 2 N–H and O–H groups in total. The lowest BCUT2D eigenvalue weighted by Crippen LogP contribution is -2.20. The predicted molar refractivity (Wildman–Crippen MR) is 122 cm³/mol. The first-order valence-electron chi connectivity index (χ1n) is 8.98. The van der Waals surface area contributed by atoms with Gasteiger partial charge in [-0.15, -0.1) is 11.3 Å². The van der Waals surface area contributed by atoms with E-state index in [4.69, 9.17) is 27.9 Å². The summed E-state index contributed by atoms with van der Waals surface area (Å²) in [5.41, 5.74) is 2.67. The van der Waals surface area contributed by atoms with Crippen molar-refractivity contribution >= 4 is 56.3 Å². The maximum absolute atomic E-state index is 12.4. The Morgan fingerprint density at radius 1 is 1.17 bits per heavy atom. The molecule has 4 aromatic rings. The maximum Gasteiger partial charge on any atom is 0.262 e. The minimum absolute atomic E-state index is 0.0897. The molecule has 1 heterocycles. The van der Waals surface area contributed by atoms with Crippen LogP contribution in [0.25, 0.3) is 20.8 Å². The summed E-state index contributed by atoms with van der Waals surface area (Å²) in [5.74, 6) is 0.144. The van der Waals surface area contributed by atoms with Crippen LogP contribution >= 0.6 is 34.5 Å². The quantitative estimate of drug-likeness (QED) is 0.344. The summed E-state index contributed by atoms with van der Waals surface area (Å²) in [6.07, 6.45) is 0. The number of anilines is 1. The van der Waals surface area contributed by atoms with Crippen molar-refractivity contribution in [2.75, 3.05) is 11.9 Å². The van der Waals surface area contributed by atoms with Gasteiger partial charge in [0.15, 0.2) is 6.61 Å². The average Bonchev–Trinajstić information content (AvgIpc) is 3.12. The molecule has 8 heteroatoms. The van der Waals surface area contributed by atoms with Gasteiger partial charge in [0.25, 0.3) is 5.91 Å². The number of nitrogens with one attached hydrogen (secondary N) is 1. The van der Waals surface area contributed by atoms with Crippen molar-refractivity contribution in [2.45, 2.75) is 6.92 Å². The number of carbonyl (C=O) groups excluding carboxylic acids is 1. The molecule has 152 valence electrons. The van der Waals surface area contributed by atoms with E-state index in [0.29, 0.717) is 32.1 Å². The number of halogens is 2. The van der Waals surface area contributed by atoms with Gasteiger partial charge in [0.2, 0.25) is 0 Å². The summed E-state index contributed by atoms with van der Waals surface area (Å²) in [5, 5.41) is 14.6. The highest BCUT2D eigenvalue weighted by atomic mass is 35.5. The zero-order valence-electron chi connectivity index (χ0n) is 15.8. The van der Waals surface area contributed by atoms with E-state index in [1.807, 2.05) is 24.3 Å². The number of thiazole rings is 1. The lowest BCUT2D eigenvalue weighted by atomic mass is 10.2. The van der Waals surface area contributed by atoms with Gasteiger partial charge in [-0.2, -0.15) is 0 Å². The molecule has 0 saturated carbocycles. The number of phenols is 1. The molecule has 0 aliphatic heterocycles. The van der Waals surface area contributed by atoms with Gasteiger partial charge in [-0.1, -0.05) is 35.3 Å². The fraction of sp³-hybridized carbons (Fsp3) is 0.0909. The van der Waals surface area contributed by atoms with Gasteiger partial charge in [-0.3, -0.25) is 4.79 Å². The third kappa shape index (κ3) is 4.36. The van der Waals surface area contributed by atoms with Crippen molar-refractivity contribution in [3.63, 3.8) is 0 Å². The summed E-state index contributed by atoms with van der Waals surface area (Å²) in [6, 6.07) is 15.8. The Balaban J connectivity index is 1.50. The number of nitrogens with zero attached hydrogens (tertiary/aromatic N) is 1. The third-order valence-electron chi connectivity index (χ3n) is 4.35. The number of para-hydroxylation sites is 1. The molecule has 0 radical (unpaired) electrons. The number of hydrogen-bond acceptors (Lipinski definition) is 5. The van der Waals surface area contributed by atoms with E-state index in [1.165, 1.54) is 17.4 Å². The van der Waals surface area contributed by atoms with Crippen molar-refractivity contribution in [1.82, 2.24) is 4.98 Å². The molecule has 0 fully saturated rings. The summed E-state index contributed by atoms with van der Waals surface area (Å²) in [7, 11) is 0. The van der Waals surface area contributed by atoms with Crippen LogP contribution in [0.1, 0.15) is 5.56 Å². The second-order valence-electron chi connectivity index (χ2n) is 6.59. The SMILES string of the molecule is Cc1cc(Cl)cc(Cl)c1OCC(=O)Nc1ccc(O)c(-c2nc3ccccc3s2)c1. The first kappa shape index (κ1) is 20.5. The first-order valence-corrected chi connectivity index (χ1v) is 10.6. The number of fused-ring (bicyclic) bond motifs is 1. The fourth-order valence-electron chi connectivity index (χ4n) is 2.98. The van der Waals surface area contributed by atoms with E-state index in [1.54, 1.807) is 31.2 Å². The molecule has 0 spiro atoms. The van der Waals surface area contributed by atoms with Gasteiger partial charge in [-0.25, -0.2) is 4.98 Å². The van der Waals surface area contributed by atoms with Crippen LogP contribution in [0.4, 0.5) is 5.69 Å². The Bertz CT molecular complexity index is 1200. The van der Waals surface area contributed by atoms with E-state index in [0.717, 1.165) is 15.8 Å². The summed E-state index contributed by atoms with van der Waals surface area (Å²) in [4.78, 5) is 16.9. The van der Waals surface area contributed by atoms with E-state index >= 15 is 0 Å². The van der Waals surface area contributed by atoms with Crippen LogP contribution in [0, 0.1) is 6.92 Å². The van der Waals surface area contributed by atoms with E-state index in [2.05, 4.69) is 10.3 Å². The van der Waals surface area contributed by atoms with Gasteiger partial charge in [0, 0.05) is 10.7 Å². The number of ether oxygens (including phenoxy) is 1. The highest BCUT2D eigenvalue weighted by Gasteiger charge is 2.14. The first-order chi connectivity index (χ1) is 14.4. The zero-order valence-corrected chi connectivity index (χ0v) is 18.1. The molecule has 0 aliphatic rings. The number of hydrogen-bond donors (Lipinski definition) is 2. The van der Waals surface area contributed by atoms with Crippen LogP contribution in [0.5, 0.6) is 11.5 Å². The molecule has 0 atom stereocenters. The third-order valence-corrected chi connectivity index (χ3v) is 5.91. The van der Waals surface area contributed by atoms with Crippen LogP contribution in [-0.4, -0.2) is 22.6 Å². The minimum atomic E-state index is -0.360. The molecule has 0 bridgehead atoms. The van der Waals surface area contributed by atoms with Crippen LogP contribution in [-0.2, 0) is 4.79 Å². The van der Waals surface area contributed by atoms with E-state index in [9.17, 15) is 9.90 Å². The number of rotatable bonds is 5. The van der Waals surface area contributed by atoms with Crippen molar-refractivity contribution < 1.29 is 14.6 Å². The van der Waals surface area contributed by atoms with Crippen LogP contribution in [0.3, 0.4) is 0 Å². The zero-order chi connectivity index (χ0) is 21.3. The fourth-order valence-corrected chi connectivity index (χ4v) is 4.62. The average molecular weight is 459 g/mol. The lowest BCUT2D eigenvalue weighted by molar-refractivity contribution is -0.118. The molecule has 1 aromatic heterocycles. The molecule has 5 nitrogen and oxygen atoms in total. The molecular formula is C22H16Cl2N2O3S. The normalized spacial score (nSPS) is 10.9.